The van der Waals surface area contributed by atoms with Crippen molar-refractivity contribution in [3.63, 3.8) is 0 Å². The normalized spacial score (nSPS) is 23.7. The van der Waals surface area contributed by atoms with Crippen LogP contribution >= 0.6 is 12.6 Å². The van der Waals surface area contributed by atoms with Crippen LogP contribution in [0.25, 0.3) is 0 Å². The van der Waals surface area contributed by atoms with Crippen molar-refractivity contribution in [1.82, 2.24) is 4.90 Å². The molecule has 0 radical (unpaired) electrons. The molecule has 0 heterocycles. The minimum Gasteiger partial charge on any atom is -0.461 e. The molecule has 1 saturated carbocycles. The Morgan fingerprint density at radius 3 is 2.44 bits per heavy atom. The molecule has 0 N–H and O–H groups in total. The van der Waals surface area contributed by atoms with E-state index >= 15 is 0 Å². The van der Waals surface area contributed by atoms with Gasteiger partial charge in [0.05, 0.1) is 0 Å². The zero-order chi connectivity index (χ0) is 20.0. The first kappa shape index (κ1) is 21.8. The lowest BCUT2D eigenvalue weighted by Gasteiger charge is -2.38. The van der Waals surface area contributed by atoms with Crippen LogP contribution in [0.3, 0.4) is 0 Å². The van der Waals surface area contributed by atoms with E-state index in [1.807, 2.05) is 30.3 Å². The Labute approximate surface area is 169 Å². The van der Waals surface area contributed by atoms with Crippen LogP contribution in [-0.4, -0.2) is 34.7 Å². The summed E-state index contributed by atoms with van der Waals surface area (Å²) in [7, 11) is 0. The second-order valence-corrected chi connectivity index (χ2v) is 8.50. The zero-order valence-electron chi connectivity index (χ0n) is 16.9. The van der Waals surface area contributed by atoms with Gasteiger partial charge in [-0.25, -0.2) is 4.79 Å². The minimum atomic E-state index is -0.670. The second-order valence-electron chi connectivity index (χ2n) is 8.13. The molecule has 27 heavy (non-hydrogen) atoms. The largest absolute Gasteiger partial charge is 0.461 e. The lowest BCUT2D eigenvalue weighted by atomic mass is 9.75. The van der Waals surface area contributed by atoms with Crippen LogP contribution in [0.1, 0.15) is 52.5 Å². The topological polar surface area (TPSA) is 46.6 Å². The molecule has 0 aromatic heterocycles. The van der Waals surface area contributed by atoms with Crippen molar-refractivity contribution >= 4 is 24.5 Å². The van der Waals surface area contributed by atoms with Gasteiger partial charge in [0.1, 0.15) is 12.1 Å². The van der Waals surface area contributed by atoms with E-state index in [0.717, 1.165) is 18.4 Å². The summed E-state index contributed by atoms with van der Waals surface area (Å²) in [6.45, 7) is 8.46. The van der Waals surface area contributed by atoms with Gasteiger partial charge in [-0.2, -0.15) is 12.6 Å². The van der Waals surface area contributed by atoms with E-state index in [2.05, 4.69) is 33.4 Å². The fourth-order valence-electron chi connectivity index (χ4n) is 4.00. The van der Waals surface area contributed by atoms with Crippen LogP contribution in [0.4, 0.5) is 0 Å². The summed E-state index contributed by atoms with van der Waals surface area (Å²) in [5.41, 5.74) is 0.985. The van der Waals surface area contributed by atoms with Crippen molar-refractivity contribution in [2.75, 3.05) is 5.75 Å². The molecule has 150 valence electrons. The Bertz CT molecular complexity index is 619. The van der Waals surface area contributed by atoms with Crippen molar-refractivity contribution in [2.24, 2.45) is 17.8 Å². The van der Waals surface area contributed by atoms with Gasteiger partial charge in [0.15, 0.2) is 0 Å². The Morgan fingerprint density at radius 2 is 1.89 bits per heavy atom. The van der Waals surface area contributed by atoms with Crippen molar-refractivity contribution in [3.05, 3.63) is 35.9 Å². The predicted octanol–water partition coefficient (Wildman–Crippen LogP) is 4.34. The van der Waals surface area contributed by atoms with Crippen LogP contribution in [0.2, 0.25) is 0 Å². The number of carbonyl (C=O) groups excluding carboxylic acids is 2. The molecule has 4 nitrogen and oxygen atoms in total. The van der Waals surface area contributed by atoms with Gasteiger partial charge < -0.3 is 9.64 Å². The maximum atomic E-state index is 13.0. The number of hydrogen-bond acceptors (Lipinski definition) is 4. The van der Waals surface area contributed by atoms with Gasteiger partial charge >= 0.3 is 5.97 Å². The zero-order valence-corrected chi connectivity index (χ0v) is 17.8. The number of rotatable bonds is 7. The van der Waals surface area contributed by atoms with Crippen molar-refractivity contribution in [3.8, 4) is 0 Å². The Kier molecular flexibility index (Phi) is 8.21. The Balaban J connectivity index is 2.12. The predicted molar refractivity (Wildman–Crippen MR) is 112 cm³/mol. The first-order valence-corrected chi connectivity index (χ1v) is 10.6. The summed E-state index contributed by atoms with van der Waals surface area (Å²) in [6, 6.07) is 9.03. The van der Waals surface area contributed by atoms with Crippen LogP contribution in [0, 0.1) is 17.8 Å². The smallest absolute Gasteiger partial charge is 0.330 e. The molecule has 3 unspecified atom stereocenters. The average Bonchev–Trinajstić information content (AvgIpc) is 2.62. The molecule has 0 bridgehead atoms. The molecule has 2 rings (SSSR count). The number of benzene rings is 1. The summed E-state index contributed by atoms with van der Waals surface area (Å²) in [6.07, 6.45) is 3.09. The second kappa shape index (κ2) is 10.2. The fourth-order valence-corrected chi connectivity index (χ4v) is 4.35. The highest BCUT2D eigenvalue weighted by Gasteiger charge is 2.36. The fraction of sp³-hybridized carbons (Fsp3) is 0.636. The SMILES string of the molecule is CC(=O)N(Cc1ccccc1)[C@@H](CS)C(=O)OC1CC(C)CCC1C(C)C. The molecule has 0 spiro atoms. The van der Waals surface area contributed by atoms with Gasteiger partial charge in [0, 0.05) is 19.2 Å². The molecule has 1 amide bonds. The summed E-state index contributed by atoms with van der Waals surface area (Å²) >= 11 is 4.36. The molecular weight excluding hydrogens is 358 g/mol. The van der Waals surface area contributed by atoms with Crippen molar-refractivity contribution in [2.45, 2.75) is 65.6 Å². The van der Waals surface area contributed by atoms with E-state index in [0.29, 0.717) is 24.3 Å². The number of ether oxygens (including phenoxy) is 1. The Morgan fingerprint density at radius 1 is 1.22 bits per heavy atom. The highest BCUT2D eigenvalue weighted by atomic mass is 32.1. The third-order valence-electron chi connectivity index (χ3n) is 5.65. The standard InChI is InChI=1S/C22H33NO3S/c1-15(2)19-11-10-16(3)12-21(19)26-22(25)20(14-27)23(17(4)24)13-18-8-6-5-7-9-18/h5-9,15-16,19-21,27H,10-14H2,1-4H3/t16?,19?,20-,21?/m0/s1. The maximum Gasteiger partial charge on any atom is 0.330 e. The van der Waals surface area contributed by atoms with Gasteiger partial charge in [0.25, 0.3) is 0 Å². The van der Waals surface area contributed by atoms with Gasteiger partial charge in [-0.1, -0.05) is 57.5 Å². The minimum absolute atomic E-state index is 0.0748. The van der Waals surface area contributed by atoms with E-state index in [-0.39, 0.29) is 23.7 Å². The number of esters is 1. The van der Waals surface area contributed by atoms with E-state index in [1.165, 1.54) is 13.3 Å². The summed E-state index contributed by atoms with van der Waals surface area (Å²) in [5.74, 6) is 1.18. The summed E-state index contributed by atoms with van der Waals surface area (Å²) < 4.78 is 5.98. The molecule has 1 aromatic rings. The first-order valence-electron chi connectivity index (χ1n) is 9.96. The molecular formula is C22H33NO3S. The molecule has 1 aliphatic rings. The van der Waals surface area contributed by atoms with Crippen LogP contribution in [0.15, 0.2) is 30.3 Å². The molecule has 1 aromatic carbocycles. The number of carbonyl (C=O) groups is 2. The van der Waals surface area contributed by atoms with E-state index in [9.17, 15) is 9.59 Å². The maximum absolute atomic E-state index is 13.0. The van der Waals surface area contributed by atoms with Crippen molar-refractivity contribution in [1.29, 1.82) is 0 Å². The van der Waals surface area contributed by atoms with Crippen molar-refractivity contribution < 1.29 is 14.3 Å². The lowest BCUT2D eigenvalue weighted by molar-refractivity contribution is -0.164. The third-order valence-corrected chi connectivity index (χ3v) is 6.00. The highest BCUT2D eigenvalue weighted by molar-refractivity contribution is 7.80. The molecule has 0 saturated heterocycles. The molecule has 1 fully saturated rings. The molecule has 5 heteroatoms. The average molecular weight is 392 g/mol. The lowest BCUT2D eigenvalue weighted by Crippen LogP contribution is -2.48. The van der Waals surface area contributed by atoms with Gasteiger partial charge in [-0.05, 0) is 36.2 Å². The number of thiol groups is 1. The molecule has 1 aliphatic carbocycles. The highest BCUT2D eigenvalue weighted by Crippen LogP contribution is 2.35. The van der Waals surface area contributed by atoms with E-state index in [1.54, 1.807) is 4.90 Å². The quantitative estimate of drug-likeness (QED) is 0.556. The van der Waals surface area contributed by atoms with Crippen LogP contribution in [-0.2, 0) is 20.9 Å². The number of hydrogen-bond donors (Lipinski definition) is 1. The molecule has 0 aliphatic heterocycles. The van der Waals surface area contributed by atoms with Gasteiger partial charge in [-0.15, -0.1) is 0 Å². The summed E-state index contributed by atoms with van der Waals surface area (Å²) in [5, 5.41) is 0. The van der Waals surface area contributed by atoms with E-state index < -0.39 is 6.04 Å². The Hall–Kier alpha value is -1.49. The van der Waals surface area contributed by atoms with Gasteiger partial charge in [-0.3, -0.25) is 4.79 Å². The third kappa shape index (κ3) is 6.00. The van der Waals surface area contributed by atoms with Gasteiger partial charge in [0.2, 0.25) is 5.91 Å². The first-order chi connectivity index (χ1) is 12.8. The van der Waals surface area contributed by atoms with Crippen LogP contribution < -0.4 is 0 Å². The monoisotopic (exact) mass is 391 g/mol. The summed E-state index contributed by atoms with van der Waals surface area (Å²) in [4.78, 5) is 26.8. The molecule has 4 atom stereocenters. The number of nitrogens with zero attached hydrogens (tertiary/aromatic N) is 1. The van der Waals surface area contributed by atoms with Crippen LogP contribution in [0.5, 0.6) is 0 Å². The van der Waals surface area contributed by atoms with E-state index in [4.69, 9.17) is 4.74 Å². The number of amides is 1.